The molecule has 4 N–H and O–H groups in total. The lowest BCUT2D eigenvalue weighted by Gasteiger charge is -2.09. The molecule has 0 atom stereocenters. The zero-order valence-electron chi connectivity index (χ0n) is 9.88. The van der Waals surface area contributed by atoms with Gasteiger partial charge in [-0.15, -0.1) is 5.10 Å². The van der Waals surface area contributed by atoms with E-state index in [-0.39, 0.29) is 5.91 Å². The molecule has 0 spiro atoms. The Morgan fingerprint density at radius 1 is 1.53 bits per heavy atom. The summed E-state index contributed by atoms with van der Waals surface area (Å²) in [6.07, 6.45) is 4.86. The standard InChI is InChI=1S/C10H12BrN7O/c11-7-5-8(9(16-12)14-6-7)10(19)13-1-3-18-4-2-15-17-18/h2,4-6H,1,3,12H2,(H,13,19)(H,14,16). The molecule has 8 nitrogen and oxygen atoms in total. The Bertz CT molecular complexity index is 557. The van der Waals surface area contributed by atoms with Crippen molar-refractivity contribution in [3.05, 3.63) is 34.7 Å². The summed E-state index contributed by atoms with van der Waals surface area (Å²) in [6.45, 7) is 0.970. The Labute approximate surface area is 117 Å². The molecule has 9 heteroatoms. The molecule has 2 heterocycles. The molecule has 100 valence electrons. The van der Waals surface area contributed by atoms with E-state index in [1.54, 1.807) is 29.3 Å². The number of pyridine rings is 1. The Balaban J connectivity index is 1.97. The summed E-state index contributed by atoms with van der Waals surface area (Å²) in [4.78, 5) is 16.0. The number of hydrogen-bond acceptors (Lipinski definition) is 6. The number of aromatic nitrogens is 4. The highest BCUT2D eigenvalue weighted by molar-refractivity contribution is 9.10. The quantitative estimate of drug-likeness (QED) is 0.533. The van der Waals surface area contributed by atoms with Crippen molar-refractivity contribution in [2.24, 2.45) is 5.84 Å². The van der Waals surface area contributed by atoms with E-state index in [0.29, 0.717) is 28.9 Å². The first-order chi connectivity index (χ1) is 9.20. The summed E-state index contributed by atoms with van der Waals surface area (Å²) in [5.74, 6) is 5.37. The van der Waals surface area contributed by atoms with E-state index in [4.69, 9.17) is 5.84 Å². The molecule has 2 aromatic rings. The minimum Gasteiger partial charge on any atom is -0.350 e. The predicted molar refractivity (Wildman–Crippen MR) is 72.1 cm³/mol. The third-order valence-electron chi connectivity index (χ3n) is 2.33. The third-order valence-corrected chi connectivity index (χ3v) is 2.77. The van der Waals surface area contributed by atoms with Gasteiger partial charge in [-0.2, -0.15) is 0 Å². The zero-order chi connectivity index (χ0) is 13.7. The molecule has 19 heavy (non-hydrogen) atoms. The number of nitrogen functional groups attached to an aromatic ring is 1. The number of amides is 1. The molecule has 0 unspecified atom stereocenters. The van der Waals surface area contributed by atoms with Crippen LogP contribution in [0.5, 0.6) is 0 Å². The van der Waals surface area contributed by atoms with E-state index in [2.05, 4.69) is 42.0 Å². The third kappa shape index (κ3) is 3.48. The average Bonchev–Trinajstić information content (AvgIpc) is 2.91. The van der Waals surface area contributed by atoms with E-state index in [0.717, 1.165) is 0 Å². The monoisotopic (exact) mass is 325 g/mol. The summed E-state index contributed by atoms with van der Waals surface area (Å²) in [5, 5.41) is 10.2. The van der Waals surface area contributed by atoms with E-state index < -0.39 is 0 Å². The lowest BCUT2D eigenvalue weighted by molar-refractivity contribution is 0.0952. The average molecular weight is 326 g/mol. The van der Waals surface area contributed by atoms with Crippen LogP contribution in [0.25, 0.3) is 0 Å². The smallest absolute Gasteiger partial charge is 0.255 e. The maximum Gasteiger partial charge on any atom is 0.255 e. The number of anilines is 1. The molecular formula is C10H12BrN7O. The number of nitrogens with one attached hydrogen (secondary N) is 2. The van der Waals surface area contributed by atoms with E-state index >= 15 is 0 Å². The fourth-order valence-corrected chi connectivity index (χ4v) is 1.79. The molecule has 0 saturated carbocycles. The Morgan fingerprint density at radius 3 is 3.05 bits per heavy atom. The van der Waals surface area contributed by atoms with Crippen molar-refractivity contribution in [1.82, 2.24) is 25.3 Å². The molecule has 0 aromatic carbocycles. The van der Waals surface area contributed by atoms with Crippen LogP contribution in [0.1, 0.15) is 10.4 Å². The van der Waals surface area contributed by atoms with Gasteiger partial charge in [-0.3, -0.25) is 9.48 Å². The number of carbonyl (C=O) groups is 1. The van der Waals surface area contributed by atoms with Gasteiger partial charge in [-0.25, -0.2) is 10.8 Å². The van der Waals surface area contributed by atoms with Crippen LogP contribution in [0.2, 0.25) is 0 Å². The van der Waals surface area contributed by atoms with Crippen molar-refractivity contribution in [1.29, 1.82) is 0 Å². The molecule has 0 saturated heterocycles. The van der Waals surface area contributed by atoms with Crippen molar-refractivity contribution in [3.63, 3.8) is 0 Å². The van der Waals surface area contributed by atoms with Gasteiger partial charge in [-0.1, -0.05) is 5.21 Å². The molecule has 0 radical (unpaired) electrons. The van der Waals surface area contributed by atoms with Gasteiger partial charge in [0.25, 0.3) is 5.91 Å². The van der Waals surface area contributed by atoms with Crippen molar-refractivity contribution in [3.8, 4) is 0 Å². The van der Waals surface area contributed by atoms with Crippen molar-refractivity contribution >= 4 is 27.7 Å². The number of rotatable bonds is 5. The van der Waals surface area contributed by atoms with Crippen molar-refractivity contribution in [2.45, 2.75) is 6.54 Å². The van der Waals surface area contributed by atoms with Gasteiger partial charge in [0.1, 0.15) is 0 Å². The summed E-state index contributed by atoms with van der Waals surface area (Å²) in [6, 6.07) is 1.65. The summed E-state index contributed by atoms with van der Waals surface area (Å²) in [7, 11) is 0. The second kappa shape index (κ2) is 6.25. The highest BCUT2D eigenvalue weighted by Gasteiger charge is 2.12. The van der Waals surface area contributed by atoms with E-state index in [9.17, 15) is 4.79 Å². The van der Waals surface area contributed by atoms with Gasteiger partial charge in [0, 0.05) is 23.4 Å². The molecule has 2 rings (SSSR count). The highest BCUT2D eigenvalue weighted by Crippen LogP contribution is 2.16. The molecule has 0 aliphatic carbocycles. The van der Waals surface area contributed by atoms with Crippen LogP contribution in [0, 0.1) is 0 Å². The Kier molecular flexibility index (Phi) is 4.42. The maximum atomic E-state index is 12.0. The molecule has 0 aliphatic rings. The SMILES string of the molecule is NNc1ncc(Br)cc1C(=O)NCCn1ccnn1. The van der Waals surface area contributed by atoms with Gasteiger partial charge in [-0.05, 0) is 22.0 Å². The van der Waals surface area contributed by atoms with Crippen LogP contribution < -0.4 is 16.6 Å². The van der Waals surface area contributed by atoms with E-state index in [1.807, 2.05) is 0 Å². The normalized spacial score (nSPS) is 10.2. The minimum absolute atomic E-state index is 0.262. The Morgan fingerprint density at radius 2 is 2.37 bits per heavy atom. The number of halogens is 1. The number of carbonyl (C=O) groups excluding carboxylic acids is 1. The topological polar surface area (TPSA) is 111 Å². The van der Waals surface area contributed by atoms with E-state index in [1.165, 1.54) is 0 Å². The Hall–Kier alpha value is -2.00. The summed E-state index contributed by atoms with van der Waals surface area (Å²) in [5.41, 5.74) is 2.76. The fourth-order valence-electron chi connectivity index (χ4n) is 1.46. The maximum absolute atomic E-state index is 12.0. The van der Waals surface area contributed by atoms with Gasteiger partial charge >= 0.3 is 0 Å². The van der Waals surface area contributed by atoms with Gasteiger partial charge in [0.2, 0.25) is 0 Å². The van der Waals surface area contributed by atoms with Gasteiger partial charge < -0.3 is 10.7 Å². The number of hydrogen-bond donors (Lipinski definition) is 3. The van der Waals surface area contributed by atoms with Crippen LogP contribution in [0.4, 0.5) is 5.82 Å². The second-order valence-corrected chi connectivity index (χ2v) is 4.53. The number of hydrazine groups is 1. The van der Waals surface area contributed by atoms with Crippen molar-refractivity contribution < 1.29 is 4.79 Å². The summed E-state index contributed by atoms with van der Waals surface area (Å²) >= 11 is 3.26. The van der Waals surface area contributed by atoms with Gasteiger partial charge in [0.05, 0.1) is 18.3 Å². The largest absolute Gasteiger partial charge is 0.350 e. The molecular weight excluding hydrogens is 314 g/mol. The van der Waals surface area contributed by atoms with Crippen LogP contribution in [-0.4, -0.2) is 32.4 Å². The van der Waals surface area contributed by atoms with Crippen LogP contribution in [0.15, 0.2) is 29.1 Å². The van der Waals surface area contributed by atoms with Crippen molar-refractivity contribution in [2.75, 3.05) is 12.0 Å². The molecule has 0 aliphatic heterocycles. The molecule has 0 fully saturated rings. The summed E-state index contributed by atoms with van der Waals surface area (Å²) < 4.78 is 2.33. The second-order valence-electron chi connectivity index (χ2n) is 3.62. The first-order valence-electron chi connectivity index (χ1n) is 5.45. The minimum atomic E-state index is -0.262. The zero-order valence-corrected chi connectivity index (χ0v) is 11.5. The number of nitrogens with zero attached hydrogens (tertiary/aromatic N) is 4. The number of nitrogens with two attached hydrogens (primary N) is 1. The highest BCUT2D eigenvalue weighted by atomic mass is 79.9. The van der Waals surface area contributed by atoms with Crippen LogP contribution in [0.3, 0.4) is 0 Å². The van der Waals surface area contributed by atoms with Gasteiger partial charge in [0.15, 0.2) is 5.82 Å². The molecule has 2 aromatic heterocycles. The molecule has 0 bridgehead atoms. The fraction of sp³-hybridized carbons (Fsp3) is 0.200. The molecule has 1 amide bonds. The van der Waals surface area contributed by atoms with Crippen LogP contribution >= 0.6 is 15.9 Å². The first-order valence-corrected chi connectivity index (χ1v) is 6.24. The predicted octanol–water partition coefficient (Wildman–Crippen LogP) is 0.151. The lowest BCUT2D eigenvalue weighted by Crippen LogP contribution is -2.29. The first kappa shape index (κ1) is 13.4. The lowest BCUT2D eigenvalue weighted by atomic mass is 10.2. The van der Waals surface area contributed by atoms with Crippen LogP contribution in [-0.2, 0) is 6.54 Å².